The van der Waals surface area contributed by atoms with Crippen molar-refractivity contribution in [2.45, 2.75) is 32.0 Å². The molecule has 3 N–H and O–H groups in total. The van der Waals surface area contributed by atoms with Crippen molar-refractivity contribution in [2.24, 2.45) is 0 Å². The highest BCUT2D eigenvalue weighted by Gasteiger charge is 2.26. The molecule has 1 aliphatic heterocycles. The summed E-state index contributed by atoms with van der Waals surface area (Å²) in [5.41, 5.74) is 2.89. The Bertz CT molecular complexity index is 595. The Morgan fingerprint density at radius 2 is 2.35 bits per heavy atom. The number of pyridine rings is 1. The van der Waals surface area contributed by atoms with E-state index in [0.717, 1.165) is 17.1 Å². The van der Waals surface area contributed by atoms with Gasteiger partial charge in [-0.1, -0.05) is 6.07 Å². The number of hydrogen-bond donors (Lipinski definition) is 3. The first-order valence-electron chi connectivity index (χ1n) is 6.70. The van der Waals surface area contributed by atoms with Gasteiger partial charge >= 0.3 is 0 Å². The van der Waals surface area contributed by atoms with Gasteiger partial charge in [0.15, 0.2) is 0 Å². The highest BCUT2D eigenvalue weighted by Crippen LogP contribution is 2.14. The number of aromatic amines is 1. The van der Waals surface area contributed by atoms with Gasteiger partial charge in [0.05, 0.1) is 35.5 Å². The lowest BCUT2D eigenvalue weighted by Gasteiger charge is -2.24. The minimum Gasteiger partial charge on any atom is -0.347 e. The normalized spacial score (nSPS) is 19.1. The molecule has 6 nitrogen and oxygen atoms in total. The molecule has 2 atom stereocenters. The van der Waals surface area contributed by atoms with Crippen LogP contribution in [0.5, 0.6) is 0 Å². The smallest absolute Gasteiger partial charge is 0.238 e. The van der Waals surface area contributed by atoms with Gasteiger partial charge in [0, 0.05) is 19.2 Å². The van der Waals surface area contributed by atoms with Gasteiger partial charge < -0.3 is 10.3 Å². The molecule has 1 amide bonds. The molecular formula is C14H17N5O. The minimum absolute atomic E-state index is 0.0168. The second-order valence-corrected chi connectivity index (χ2v) is 4.95. The van der Waals surface area contributed by atoms with E-state index < -0.39 is 0 Å². The van der Waals surface area contributed by atoms with Crippen LogP contribution in [0.1, 0.15) is 30.0 Å². The van der Waals surface area contributed by atoms with Crippen molar-refractivity contribution in [2.75, 3.05) is 0 Å². The fourth-order valence-corrected chi connectivity index (χ4v) is 2.37. The highest BCUT2D eigenvalue weighted by atomic mass is 16.2. The van der Waals surface area contributed by atoms with E-state index in [9.17, 15) is 4.79 Å². The topological polar surface area (TPSA) is 82.7 Å². The quantitative estimate of drug-likeness (QED) is 0.767. The fraction of sp³-hybridized carbons (Fsp3) is 0.357. The molecule has 0 saturated heterocycles. The van der Waals surface area contributed by atoms with Crippen LogP contribution in [0.4, 0.5) is 0 Å². The number of nitrogens with zero attached hydrogens (tertiary/aromatic N) is 2. The van der Waals surface area contributed by atoms with Gasteiger partial charge in [-0.2, -0.15) is 0 Å². The Hall–Kier alpha value is -2.21. The molecule has 0 bridgehead atoms. The molecular weight excluding hydrogens is 254 g/mol. The number of carbonyl (C=O) groups is 1. The molecule has 0 fully saturated rings. The van der Waals surface area contributed by atoms with E-state index in [2.05, 4.69) is 25.6 Å². The number of aromatic nitrogens is 3. The average molecular weight is 271 g/mol. The number of imidazole rings is 1. The molecule has 0 radical (unpaired) electrons. The molecule has 1 unspecified atom stereocenters. The van der Waals surface area contributed by atoms with Crippen molar-refractivity contribution in [3.05, 3.63) is 47.8 Å². The number of hydrogen-bond acceptors (Lipinski definition) is 4. The van der Waals surface area contributed by atoms with Gasteiger partial charge in [0.1, 0.15) is 0 Å². The zero-order valence-corrected chi connectivity index (χ0v) is 11.3. The van der Waals surface area contributed by atoms with E-state index >= 15 is 0 Å². The maximum atomic E-state index is 12.3. The van der Waals surface area contributed by atoms with Crippen molar-refractivity contribution in [1.82, 2.24) is 25.6 Å². The summed E-state index contributed by atoms with van der Waals surface area (Å²) in [4.78, 5) is 23.8. The summed E-state index contributed by atoms with van der Waals surface area (Å²) >= 11 is 0. The summed E-state index contributed by atoms with van der Waals surface area (Å²) < 4.78 is 0. The summed E-state index contributed by atoms with van der Waals surface area (Å²) in [6.45, 7) is 2.58. The standard InChI is InChI=1S/C14H17N5O/c1-9(10-4-2-3-5-15-10)19-14(20)12-6-11-13(7-16-12)18-8-17-11/h2-5,8-9,12,16H,6-7H2,1H3,(H,17,18)(H,19,20)/t9-,12?/m1/s1. The Balaban J connectivity index is 1.63. The van der Waals surface area contributed by atoms with Gasteiger partial charge in [0.2, 0.25) is 5.91 Å². The summed E-state index contributed by atoms with van der Waals surface area (Å²) in [6, 6.07) is 5.34. The van der Waals surface area contributed by atoms with Gasteiger partial charge in [-0.25, -0.2) is 4.98 Å². The Morgan fingerprint density at radius 1 is 1.45 bits per heavy atom. The molecule has 0 saturated carbocycles. The van der Waals surface area contributed by atoms with Crippen LogP contribution in [-0.4, -0.2) is 26.9 Å². The van der Waals surface area contributed by atoms with Gasteiger partial charge in [-0.15, -0.1) is 0 Å². The zero-order chi connectivity index (χ0) is 13.9. The predicted octanol–water partition coefficient (Wildman–Crippen LogP) is 0.696. The third-order valence-electron chi connectivity index (χ3n) is 3.54. The maximum Gasteiger partial charge on any atom is 0.238 e. The van der Waals surface area contributed by atoms with Crippen LogP contribution in [0.25, 0.3) is 0 Å². The van der Waals surface area contributed by atoms with Crippen molar-refractivity contribution in [3.63, 3.8) is 0 Å². The van der Waals surface area contributed by atoms with Gasteiger partial charge in [-0.3, -0.25) is 15.1 Å². The lowest BCUT2D eigenvalue weighted by molar-refractivity contribution is -0.124. The number of H-pyrrole nitrogens is 1. The molecule has 0 spiro atoms. The first-order valence-corrected chi connectivity index (χ1v) is 6.70. The van der Waals surface area contributed by atoms with Crippen LogP contribution in [0, 0.1) is 0 Å². The monoisotopic (exact) mass is 271 g/mol. The van der Waals surface area contributed by atoms with E-state index in [1.807, 2.05) is 25.1 Å². The van der Waals surface area contributed by atoms with Crippen molar-refractivity contribution >= 4 is 5.91 Å². The van der Waals surface area contributed by atoms with Crippen LogP contribution in [0.3, 0.4) is 0 Å². The van der Waals surface area contributed by atoms with Crippen LogP contribution in [-0.2, 0) is 17.8 Å². The van der Waals surface area contributed by atoms with Gasteiger partial charge in [-0.05, 0) is 19.1 Å². The zero-order valence-electron chi connectivity index (χ0n) is 11.3. The van der Waals surface area contributed by atoms with E-state index in [1.54, 1.807) is 12.5 Å². The third kappa shape index (κ3) is 2.55. The van der Waals surface area contributed by atoms with Crippen LogP contribution in [0.15, 0.2) is 30.7 Å². The average Bonchev–Trinajstić information content (AvgIpc) is 2.95. The maximum absolute atomic E-state index is 12.3. The molecule has 1 aliphatic rings. The van der Waals surface area contributed by atoms with Crippen molar-refractivity contribution in [1.29, 1.82) is 0 Å². The summed E-state index contributed by atoms with van der Waals surface area (Å²) in [5.74, 6) is -0.0168. The summed E-state index contributed by atoms with van der Waals surface area (Å²) in [5, 5.41) is 6.20. The molecule has 6 heteroatoms. The molecule has 2 aromatic heterocycles. The second kappa shape index (κ2) is 5.42. The molecule has 3 rings (SSSR count). The van der Waals surface area contributed by atoms with Crippen LogP contribution in [0.2, 0.25) is 0 Å². The predicted molar refractivity (Wildman–Crippen MR) is 73.7 cm³/mol. The van der Waals surface area contributed by atoms with Gasteiger partial charge in [0.25, 0.3) is 0 Å². The van der Waals surface area contributed by atoms with Crippen LogP contribution >= 0.6 is 0 Å². The Labute approximate surface area is 117 Å². The summed E-state index contributed by atoms with van der Waals surface area (Å²) in [6.07, 6.45) is 4.01. The van der Waals surface area contributed by atoms with Crippen LogP contribution < -0.4 is 10.6 Å². The third-order valence-corrected chi connectivity index (χ3v) is 3.54. The highest BCUT2D eigenvalue weighted by molar-refractivity contribution is 5.82. The lowest BCUT2D eigenvalue weighted by Crippen LogP contribution is -2.48. The number of fused-ring (bicyclic) bond motifs is 1. The van der Waals surface area contributed by atoms with E-state index in [0.29, 0.717) is 13.0 Å². The van der Waals surface area contributed by atoms with E-state index in [1.165, 1.54) is 0 Å². The molecule has 2 aromatic rings. The molecule has 0 aromatic carbocycles. The number of rotatable bonds is 3. The lowest BCUT2D eigenvalue weighted by atomic mass is 10.0. The molecule has 0 aliphatic carbocycles. The summed E-state index contributed by atoms with van der Waals surface area (Å²) in [7, 11) is 0. The Morgan fingerprint density at radius 3 is 3.15 bits per heavy atom. The Kier molecular flexibility index (Phi) is 3.47. The number of amides is 1. The van der Waals surface area contributed by atoms with Crippen molar-refractivity contribution in [3.8, 4) is 0 Å². The minimum atomic E-state index is -0.239. The van der Waals surface area contributed by atoms with E-state index in [-0.39, 0.29) is 18.0 Å². The van der Waals surface area contributed by atoms with Crippen molar-refractivity contribution < 1.29 is 4.79 Å². The largest absolute Gasteiger partial charge is 0.347 e. The fourth-order valence-electron chi connectivity index (χ4n) is 2.37. The second-order valence-electron chi connectivity index (χ2n) is 4.95. The first-order chi connectivity index (χ1) is 9.74. The SMILES string of the molecule is C[C@@H](NC(=O)C1Cc2nc[nH]c2CN1)c1ccccn1. The number of carbonyl (C=O) groups excluding carboxylic acids is 1. The molecule has 3 heterocycles. The first kappa shape index (κ1) is 12.8. The molecule has 20 heavy (non-hydrogen) atoms. The molecule has 104 valence electrons. The number of nitrogens with one attached hydrogen (secondary N) is 3. The van der Waals surface area contributed by atoms with E-state index in [4.69, 9.17) is 0 Å².